The van der Waals surface area contributed by atoms with Crippen molar-refractivity contribution in [1.82, 2.24) is 14.8 Å². The molecule has 5 nitrogen and oxygen atoms in total. The van der Waals surface area contributed by atoms with E-state index in [0.717, 1.165) is 37.3 Å². The molecule has 0 bridgehead atoms. The summed E-state index contributed by atoms with van der Waals surface area (Å²) in [5.74, 6) is 0.0591. The van der Waals surface area contributed by atoms with Crippen LogP contribution in [0.1, 0.15) is 17.3 Å². The third kappa shape index (κ3) is 4.11. The molecule has 2 heterocycles. The van der Waals surface area contributed by atoms with Crippen LogP contribution in [0.25, 0.3) is 10.8 Å². The van der Waals surface area contributed by atoms with E-state index in [1.807, 2.05) is 24.3 Å². The molecule has 1 aliphatic rings. The molecule has 0 saturated carbocycles. The number of benzene rings is 2. The van der Waals surface area contributed by atoms with Gasteiger partial charge >= 0.3 is 0 Å². The molecule has 3 aromatic rings. The highest BCUT2D eigenvalue weighted by Crippen LogP contribution is 2.22. The van der Waals surface area contributed by atoms with E-state index < -0.39 is 0 Å². The zero-order valence-corrected chi connectivity index (χ0v) is 16.3. The van der Waals surface area contributed by atoms with E-state index in [1.54, 1.807) is 0 Å². The average molecular weight is 377 g/mol. The van der Waals surface area contributed by atoms with Crippen molar-refractivity contribution in [3.63, 3.8) is 0 Å². The first-order valence-corrected chi connectivity index (χ1v) is 9.89. The van der Waals surface area contributed by atoms with Crippen LogP contribution in [0.3, 0.4) is 0 Å². The van der Waals surface area contributed by atoms with Crippen LogP contribution in [0, 0.1) is 0 Å². The molecule has 1 fully saturated rings. The minimum atomic E-state index is 0.0591. The summed E-state index contributed by atoms with van der Waals surface area (Å²) in [6, 6.07) is 18.7. The molecule has 28 heavy (non-hydrogen) atoms. The second-order valence-electron chi connectivity index (χ2n) is 7.33. The Balaban J connectivity index is 1.46. The number of ether oxygens (including phenoxy) is 1. The van der Waals surface area contributed by atoms with Crippen LogP contribution in [0.2, 0.25) is 0 Å². The van der Waals surface area contributed by atoms with E-state index >= 15 is 0 Å². The molecule has 4 rings (SSSR count). The van der Waals surface area contributed by atoms with Crippen LogP contribution in [0.4, 0.5) is 0 Å². The lowest BCUT2D eigenvalue weighted by molar-refractivity contribution is -0.120. The fourth-order valence-corrected chi connectivity index (χ4v) is 4.02. The zero-order valence-electron chi connectivity index (χ0n) is 16.3. The van der Waals surface area contributed by atoms with E-state index in [4.69, 9.17) is 4.74 Å². The molecule has 0 aliphatic carbocycles. The average Bonchev–Trinajstić information content (AvgIpc) is 3.15. The second-order valence-corrected chi connectivity index (χ2v) is 7.33. The summed E-state index contributed by atoms with van der Waals surface area (Å²) >= 11 is 0. The summed E-state index contributed by atoms with van der Waals surface area (Å²) in [5.41, 5.74) is 2.28. The SMILES string of the molecule is Cn1cccc1C(CNC(=O)Cc1cccc2ccccc12)N1CCOCC1. The maximum atomic E-state index is 12.7. The largest absolute Gasteiger partial charge is 0.379 e. The van der Waals surface area contributed by atoms with Crippen LogP contribution in [-0.4, -0.2) is 48.2 Å². The van der Waals surface area contributed by atoms with Crippen LogP contribution in [-0.2, 0) is 23.0 Å². The number of aromatic nitrogens is 1. The smallest absolute Gasteiger partial charge is 0.224 e. The van der Waals surface area contributed by atoms with Gasteiger partial charge in [0.05, 0.1) is 25.7 Å². The normalized spacial score (nSPS) is 16.2. The summed E-state index contributed by atoms with van der Waals surface area (Å²) in [7, 11) is 2.06. The van der Waals surface area contributed by atoms with Crippen molar-refractivity contribution >= 4 is 16.7 Å². The Kier molecular flexibility index (Phi) is 5.74. The second kappa shape index (κ2) is 8.59. The van der Waals surface area contributed by atoms with Crippen molar-refractivity contribution in [3.05, 3.63) is 72.1 Å². The van der Waals surface area contributed by atoms with E-state index in [-0.39, 0.29) is 11.9 Å². The number of hydrogen-bond donors (Lipinski definition) is 1. The number of rotatable bonds is 6. The van der Waals surface area contributed by atoms with Crippen LogP contribution < -0.4 is 5.32 Å². The molecular formula is C23H27N3O2. The monoisotopic (exact) mass is 377 g/mol. The Morgan fingerprint density at radius 1 is 1.07 bits per heavy atom. The standard InChI is InChI=1S/C23H27N3O2/c1-25-11-5-10-21(25)22(26-12-14-28-15-13-26)17-24-23(27)16-19-8-4-7-18-6-2-3-9-20(18)19/h2-11,22H,12-17H2,1H3,(H,24,27). The highest BCUT2D eigenvalue weighted by molar-refractivity contribution is 5.90. The predicted octanol–water partition coefficient (Wildman–Crippen LogP) is 2.91. The summed E-state index contributed by atoms with van der Waals surface area (Å²) < 4.78 is 7.64. The molecule has 1 atom stereocenters. The summed E-state index contributed by atoms with van der Waals surface area (Å²) in [4.78, 5) is 15.1. The molecule has 2 aromatic carbocycles. The molecule has 1 amide bonds. The number of hydrogen-bond acceptors (Lipinski definition) is 3. The molecule has 1 saturated heterocycles. The topological polar surface area (TPSA) is 46.5 Å². The minimum absolute atomic E-state index is 0.0591. The number of carbonyl (C=O) groups excluding carboxylic acids is 1. The lowest BCUT2D eigenvalue weighted by Crippen LogP contribution is -2.44. The van der Waals surface area contributed by atoms with E-state index in [2.05, 4.69) is 58.4 Å². The number of nitrogens with one attached hydrogen (secondary N) is 1. The fraction of sp³-hybridized carbons (Fsp3) is 0.348. The van der Waals surface area contributed by atoms with Gasteiger partial charge in [-0.1, -0.05) is 42.5 Å². The third-order valence-electron chi connectivity index (χ3n) is 5.54. The molecule has 1 N–H and O–H groups in total. The van der Waals surface area contributed by atoms with E-state index in [0.29, 0.717) is 13.0 Å². The van der Waals surface area contributed by atoms with Gasteiger partial charge in [-0.15, -0.1) is 0 Å². The summed E-state index contributed by atoms with van der Waals surface area (Å²) in [6.45, 7) is 3.85. The van der Waals surface area contributed by atoms with Crippen LogP contribution in [0.5, 0.6) is 0 Å². The number of aryl methyl sites for hydroxylation is 1. The molecule has 1 aliphatic heterocycles. The fourth-order valence-electron chi connectivity index (χ4n) is 4.02. The zero-order chi connectivity index (χ0) is 19.3. The predicted molar refractivity (Wildman–Crippen MR) is 111 cm³/mol. The number of morpholine rings is 1. The van der Waals surface area contributed by atoms with Gasteiger partial charge in [-0.3, -0.25) is 9.69 Å². The molecule has 0 radical (unpaired) electrons. The van der Waals surface area contributed by atoms with Gasteiger partial charge in [0.1, 0.15) is 0 Å². The van der Waals surface area contributed by atoms with Crippen LogP contribution in [0.15, 0.2) is 60.8 Å². The van der Waals surface area contributed by atoms with Gasteiger partial charge in [-0.05, 0) is 28.5 Å². The first-order chi connectivity index (χ1) is 13.7. The Labute approximate surface area is 165 Å². The van der Waals surface area contributed by atoms with E-state index in [1.165, 1.54) is 11.1 Å². The van der Waals surface area contributed by atoms with Crippen molar-refractivity contribution in [2.45, 2.75) is 12.5 Å². The number of nitrogens with zero attached hydrogens (tertiary/aromatic N) is 2. The summed E-state index contributed by atoms with van der Waals surface area (Å²) in [5, 5.41) is 5.49. The Morgan fingerprint density at radius 2 is 1.86 bits per heavy atom. The number of fused-ring (bicyclic) bond motifs is 1. The quantitative estimate of drug-likeness (QED) is 0.719. The Hall–Kier alpha value is -2.63. The molecule has 0 spiro atoms. The molecule has 146 valence electrons. The molecule has 1 unspecified atom stereocenters. The van der Waals surface area contributed by atoms with Crippen molar-refractivity contribution < 1.29 is 9.53 Å². The first kappa shape index (κ1) is 18.7. The first-order valence-electron chi connectivity index (χ1n) is 9.89. The number of carbonyl (C=O) groups is 1. The molecular weight excluding hydrogens is 350 g/mol. The van der Waals surface area contributed by atoms with Gasteiger partial charge < -0.3 is 14.6 Å². The van der Waals surface area contributed by atoms with Gasteiger partial charge in [0.2, 0.25) is 5.91 Å². The van der Waals surface area contributed by atoms with Crippen molar-refractivity contribution in [2.24, 2.45) is 7.05 Å². The van der Waals surface area contributed by atoms with Gasteiger partial charge in [0, 0.05) is 38.6 Å². The van der Waals surface area contributed by atoms with Gasteiger partial charge in [-0.25, -0.2) is 0 Å². The van der Waals surface area contributed by atoms with Crippen LogP contribution >= 0.6 is 0 Å². The summed E-state index contributed by atoms with van der Waals surface area (Å²) in [6.07, 6.45) is 2.45. The van der Waals surface area contributed by atoms with Gasteiger partial charge in [-0.2, -0.15) is 0 Å². The van der Waals surface area contributed by atoms with Gasteiger partial charge in [0.15, 0.2) is 0 Å². The Bertz CT molecular complexity index is 938. The lowest BCUT2D eigenvalue weighted by atomic mass is 10.0. The van der Waals surface area contributed by atoms with Crippen molar-refractivity contribution in [3.8, 4) is 0 Å². The third-order valence-corrected chi connectivity index (χ3v) is 5.54. The number of amides is 1. The van der Waals surface area contributed by atoms with Crippen molar-refractivity contribution in [2.75, 3.05) is 32.8 Å². The maximum Gasteiger partial charge on any atom is 0.224 e. The highest BCUT2D eigenvalue weighted by atomic mass is 16.5. The van der Waals surface area contributed by atoms with Crippen molar-refractivity contribution in [1.29, 1.82) is 0 Å². The van der Waals surface area contributed by atoms with Gasteiger partial charge in [0.25, 0.3) is 0 Å². The minimum Gasteiger partial charge on any atom is -0.379 e. The highest BCUT2D eigenvalue weighted by Gasteiger charge is 2.24. The lowest BCUT2D eigenvalue weighted by Gasteiger charge is -2.35. The van der Waals surface area contributed by atoms with E-state index in [9.17, 15) is 4.79 Å². The Morgan fingerprint density at radius 3 is 2.64 bits per heavy atom. The molecule has 1 aromatic heterocycles. The molecule has 5 heteroatoms. The maximum absolute atomic E-state index is 12.7.